The van der Waals surface area contributed by atoms with Crippen molar-refractivity contribution in [2.24, 2.45) is 0 Å². The molecule has 3 heterocycles. The third kappa shape index (κ3) is 4.27. The minimum absolute atomic E-state index is 0.0178. The molecule has 0 N–H and O–H groups in total. The van der Waals surface area contributed by atoms with E-state index >= 15 is 0 Å². The largest absolute Gasteiger partial charge is 0.482 e. The number of nitrogens with zero attached hydrogens (tertiary/aromatic N) is 3. The Morgan fingerprint density at radius 3 is 2.71 bits per heavy atom. The Kier molecular flexibility index (Phi) is 5.82. The van der Waals surface area contributed by atoms with Gasteiger partial charge in [0.2, 0.25) is 0 Å². The van der Waals surface area contributed by atoms with Crippen molar-refractivity contribution in [1.29, 1.82) is 0 Å². The number of aromatic nitrogens is 2. The molecule has 1 amide bonds. The highest BCUT2D eigenvalue weighted by molar-refractivity contribution is 5.98. The number of fused-ring (bicyclic) bond motifs is 2. The van der Waals surface area contributed by atoms with Crippen LogP contribution in [0.2, 0.25) is 0 Å². The molecule has 4 aromatic rings. The van der Waals surface area contributed by atoms with Gasteiger partial charge in [-0.1, -0.05) is 24.3 Å². The first kappa shape index (κ1) is 21.4. The molecule has 9 nitrogen and oxygen atoms in total. The van der Waals surface area contributed by atoms with Crippen LogP contribution in [-0.4, -0.2) is 34.6 Å². The monoisotopic (exact) mass is 459 g/mol. The summed E-state index contributed by atoms with van der Waals surface area (Å²) < 4.78 is 17.7. The van der Waals surface area contributed by atoms with Crippen molar-refractivity contribution in [3.05, 3.63) is 88.9 Å². The number of ether oxygens (including phenoxy) is 2. The van der Waals surface area contributed by atoms with Gasteiger partial charge in [-0.05, 0) is 36.4 Å². The summed E-state index contributed by atoms with van der Waals surface area (Å²) in [6, 6.07) is 17.7. The number of carbonyl (C=O) groups excluding carboxylic acids is 2. The molecule has 2 aromatic carbocycles. The summed E-state index contributed by atoms with van der Waals surface area (Å²) in [6.07, 6.45) is 1.51. The minimum atomic E-state index is -0.510. The lowest BCUT2D eigenvalue weighted by molar-refractivity contribution is -0.145. The van der Waals surface area contributed by atoms with E-state index in [4.69, 9.17) is 13.9 Å². The van der Waals surface area contributed by atoms with Crippen LogP contribution >= 0.6 is 0 Å². The number of carbonyl (C=O) groups is 2. The molecule has 0 atom stereocenters. The van der Waals surface area contributed by atoms with E-state index in [-0.39, 0.29) is 44.2 Å². The Hall–Kier alpha value is -4.40. The van der Waals surface area contributed by atoms with Crippen LogP contribution in [0.1, 0.15) is 18.0 Å². The van der Waals surface area contributed by atoms with Gasteiger partial charge in [0.25, 0.3) is 11.5 Å². The second kappa shape index (κ2) is 9.22. The average Bonchev–Trinajstić information content (AvgIpc) is 3.37. The molecular weight excluding hydrogens is 438 g/mol. The number of esters is 1. The smallest absolute Gasteiger partial charge is 0.308 e. The standard InChI is InChI=1S/C25H21N3O6/c29-23-16-33-21-10-4-3-9-20(21)27(23)12-11-24(30)34-15-22-26-19-8-2-1-7-18(19)25(31)28(22)14-17-6-5-13-32-17/h1-10,13H,11-12,14-16H2. The fourth-order valence-electron chi connectivity index (χ4n) is 3.87. The Balaban J connectivity index is 1.31. The van der Waals surface area contributed by atoms with Crippen molar-refractivity contribution in [3.8, 4) is 5.75 Å². The Morgan fingerprint density at radius 2 is 1.85 bits per heavy atom. The Labute approximate surface area is 194 Å². The Morgan fingerprint density at radius 1 is 1.03 bits per heavy atom. The highest BCUT2D eigenvalue weighted by Crippen LogP contribution is 2.31. The number of rotatable bonds is 7. The fourth-order valence-corrected chi connectivity index (χ4v) is 3.87. The second-order valence-corrected chi connectivity index (χ2v) is 7.73. The van der Waals surface area contributed by atoms with Crippen LogP contribution in [0, 0.1) is 0 Å². The third-order valence-electron chi connectivity index (χ3n) is 5.54. The quantitative estimate of drug-likeness (QED) is 0.392. The molecule has 0 bridgehead atoms. The SMILES string of the molecule is O=C(CCN1C(=O)COc2ccccc21)OCc1nc2ccccc2c(=O)n1Cc1ccco1. The van der Waals surface area contributed by atoms with E-state index in [1.54, 1.807) is 54.6 Å². The van der Waals surface area contributed by atoms with Gasteiger partial charge >= 0.3 is 5.97 Å². The molecule has 0 unspecified atom stereocenters. The Bertz CT molecular complexity index is 1410. The molecular formula is C25H21N3O6. The lowest BCUT2D eigenvalue weighted by Crippen LogP contribution is -2.40. The van der Waals surface area contributed by atoms with Crippen LogP contribution in [0.15, 0.2) is 76.1 Å². The van der Waals surface area contributed by atoms with Gasteiger partial charge in [-0.15, -0.1) is 0 Å². The van der Waals surface area contributed by atoms with E-state index < -0.39 is 5.97 Å². The van der Waals surface area contributed by atoms with Gasteiger partial charge < -0.3 is 18.8 Å². The van der Waals surface area contributed by atoms with Gasteiger partial charge in [-0.2, -0.15) is 0 Å². The van der Waals surface area contributed by atoms with Crippen LogP contribution in [-0.2, 0) is 27.5 Å². The summed E-state index contributed by atoms with van der Waals surface area (Å²) in [6.45, 7) is 0.0530. The summed E-state index contributed by atoms with van der Waals surface area (Å²) in [5.41, 5.74) is 0.892. The molecule has 0 spiro atoms. The molecule has 0 fully saturated rings. The number of benzene rings is 2. The predicted molar refractivity (Wildman–Crippen MR) is 123 cm³/mol. The fraction of sp³-hybridized carbons (Fsp3) is 0.200. The summed E-state index contributed by atoms with van der Waals surface area (Å²) in [5, 5.41) is 0.466. The van der Waals surface area contributed by atoms with Crippen molar-refractivity contribution in [3.63, 3.8) is 0 Å². The zero-order valence-corrected chi connectivity index (χ0v) is 18.2. The summed E-state index contributed by atoms with van der Waals surface area (Å²) >= 11 is 0. The number of anilines is 1. The van der Waals surface area contributed by atoms with E-state index in [2.05, 4.69) is 4.98 Å². The molecule has 0 radical (unpaired) electrons. The zero-order valence-electron chi connectivity index (χ0n) is 18.2. The number of amides is 1. The second-order valence-electron chi connectivity index (χ2n) is 7.73. The molecule has 5 rings (SSSR count). The summed E-state index contributed by atoms with van der Waals surface area (Å²) in [4.78, 5) is 44.0. The van der Waals surface area contributed by atoms with E-state index in [0.29, 0.717) is 33.9 Å². The lowest BCUT2D eigenvalue weighted by Gasteiger charge is -2.28. The lowest BCUT2D eigenvalue weighted by atomic mass is 10.2. The van der Waals surface area contributed by atoms with Gasteiger partial charge in [0, 0.05) is 6.54 Å². The van der Waals surface area contributed by atoms with E-state index in [1.165, 1.54) is 15.7 Å². The number of furan rings is 1. The molecule has 2 aromatic heterocycles. The van der Waals surface area contributed by atoms with Crippen molar-refractivity contribution >= 4 is 28.5 Å². The van der Waals surface area contributed by atoms with Gasteiger partial charge in [0.05, 0.1) is 35.8 Å². The van der Waals surface area contributed by atoms with Crippen LogP contribution in [0.4, 0.5) is 5.69 Å². The molecule has 1 aliphatic heterocycles. The maximum absolute atomic E-state index is 13.1. The molecule has 34 heavy (non-hydrogen) atoms. The number of hydrogen-bond donors (Lipinski definition) is 0. The summed E-state index contributed by atoms with van der Waals surface area (Å²) in [5.74, 6) is 0.744. The first-order chi connectivity index (χ1) is 16.6. The number of para-hydroxylation sites is 3. The normalized spacial score (nSPS) is 12.9. The maximum atomic E-state index is 13.1. The van der Waals surface area contributed by atoms with Crippen LogP contribution < -0.4 is 15.2 Å². The topological polar surface area (TPSA) is 104 Å². The average molecular weight is 459 g/mol. The zero-order chi connectivity index (χ0) is 23.5. The minimum Gasteiger partial charge on any atom is -0.482 e. The molecule has 9 heteroatoms. The highest BCUT2D eigenvalue weighted by atomic mass is 16.5. The van der Waals surface area contributed by atoms with Crippen molar-refractivity contribution in [2.75, 3.05) is 18.1 Å². The molecule has 172 valence electrons. The van der Waals surface area contributed by atoms with Crippen molar-refractivity contribution < 1.29 is 23.5 Å². The van der Waals surface area contributed by atoms with Crippen molar-refractivity contribution in [2.45, 2.75) is 19.6 Å². The first-order valence-corrected chi connectivity index (χ1v) is 10.8. The van der Waals surface area contributed by atoms with Crippen LogP contribution in [0.25, 0.3) is 10.9 Å². The van der Waals surface area contributed by atoms with Gasteiger partial charge in [0.1, 0.15) is 18.1 Å². The van der Waals surface area contributed by atoms with Gasteiger partial charge in [-0.25, -0.2) is 4.98 Å². The maximum Gasteiger partial charge on any atom is 0.308 e. The highest BCUT2D eigenvalue weighted by Gasteiger charge is 2.25. The summed E-state index contributed by atoms with van der Waals surface area (Å²) in [7, 11) is 0. The van der Waals surface area contributed by atoms with E-state index in [0.717, 1.165) is 0 Å². The molecule has 0 saturated heterocycles. The van der Waals surface area contributed by atoms with Crippen LogP contribution in [0.5, 0.6) is 5.75 Å². The molecule has 0 saturated carbocycles. The first-order valence-electron chi connectivity index (χ1n) is 10.8. The van der Waals surface area contributed by atoms with Crippen molar-refractivity contribution in [1.82, 2.24) is 9.55 Å². The van der Waals surface area contributed by atoms with E-state index in [9.17, 15) is 14.4 Å². The predicted octanol–water partition coefficient (Wildman–Crippen LogP) is 2.90. The van der Waals surface area contributed by atoms with Crippen LogP contribution in [0.3, 0.4) is 0 Å². The third-order valence-corrected chi connectivity index (χ3v) is 5.54. The molecule has 0 aliphatic carbocycles. The molecule has 1 aliphatic rings. The van der Waals surface area contributed by atoms with Gasteiger partial charge in [0.15, 0.2) is 12.4 Å². The van der Waals surface area contributed by atoms with Gasteiger partial charge in [-0.3, -0.25) is 19.0 Å². The number of hydrogen-bond acceptors (Lipinski definition) is 7. The van der Waals surface area contributed by atoms with E-state index in [1.807, 2.05) is 6.07 Å².